The molecule has 0 spiro atoms. The first-order valence-electron chi connectivity index (χ1n) is 8.12. The highest BCUT2D eigenvalue weighted by atomic mass is 32.2. The summed E-state index contributed by atoms with van der Waals surface area (Å²) in [4.78, 5) is 30.7. The highest BCUT2D eigenvalue weighted by Crippen LogP contribution is 2.32. The van der Waals surface area contributed by atoms with Gasteiger partial charge in [0.2, 0.25) is 11.8 Å². The van der Waals surface area contributed by atoms with Crippen LogP contribution in [0.3, 0.4) is 0 Å². The molecule has 0 radical (unpaired) electrons. The molecule has 2 amide bonds. The minimum Gasteiger partial charge on any atom is -0.356 e. The minimum absolute atomic E-state index is 0.0844. The Morgan fingerprint density at radius 1 is 1.42 bits per heavy atom. The second kappa shape index (κ2) is 8.68. The van der Waals surface area contributed by atoms with E-state index in [0.717, 1.165) is 17.7 Å². The quantitative estimate of drug-likeness (QED) is 0.773. The van der Waals surface area contributed by atoms with E-state index in [-0.39, 0.29) is 18.2 Å². The van der Waals surface area contributed by atoms with Gasteiger partial charge >= 0.3 is 0 Å². The van der Waals surface area contributed by atoms with Crippen molar-refractivity contribution in [3.05, 3.63) is 42.5 Å². The molecule has 1 aromatic carbocycles. The molecule has 5 nitrogen and oxygen atoms in total. The Balaban J connectivity index is 2.27. The number of hydrogen-bond acceptors (Lipinski definition) is 4. The molecule has 1 saturated heterocycles. The summed E-state index contributed by atoms with van der Waals surface area (Å²) in [6.45, 7) is 8.60. The molecule has 0 aromatic heterocycles. The third-order valence-electron chi connectivity index (χ3n) is 3.67. The fourth-order valence-corrected chi connectivity index (χ4v) is 3.64. The number of rotatable bonds is 7. The molecular formula is C18H23N3O2S. The van der Waals surface area contributed by atoms with Crippen LogP contribution in [0.5, 0.6) is 0 Å². The zero-order valence-corrected chi connectivity index (χ0v) is 14.9. The summed E-state index contributed by atoms with van der Waals surface area (Å²) in [6, 6.07) is 7.89. The Bertz CT molecular complexity index is 657. The average molecular weight is 345 g/mol. The van der Waals surface area contributed by atoms with Gasteiger partial charge in [0.15, 0.2) is 5.17 Å². The fourth-order valence-electron chi connectivity index (χ4n) is 2.48. The second-order valence-corrected chi connectivity index (χ2v) is 6.55. The summed E-state index contributed by atoms with van der Waals surface area (Å²) >= 11 is 1.35. The number of amides is 2. The molecule has 2 rings (SSSR count). The maximum absolute atomic E-state index is 12.6. The summed E-state index contributed by atoms with van der Waals surface area (Å²) in [6.07, 6.45) is 2.71. The van der Waals surface area contributed by atoms with Crippen LogP contribution in [-0.2, 0) is 16.0 Å². The number of nitrogens with zero attached hydrogens (tertiary/aromatic N) is 2. The van der Waals surface area contributed by atoms with Gasteiger partial charge in [0.25, 0.3) is 0 Å². The van der Waals surface area contributed by atoms with Crippen molar-refractivity contribution in [2.75, 3.05) is 13.1 Å². The first-order valence-corrected chi connectivity index (χ1v) is 9.00. The van der Waals surface area contributed by atoms with Gasteiger partial charge in [-0.1, -0.05) is 43.0 Å². The van der Waals surface area contributed by atoms with Crippen molar-refractivity contribution in [2.45, 2.75) is 31.9 Å². The van der Waals surface area contributed by atoms with E-state index in [1.165, 1.54) is 11.8 Å². The van der Waals surface area contributed by atoms with Crippen LogP contribution in [0.15, 0.2) is 41.9 Å². The van der Waals surface area contributed by atoms with Crippen LogP contribution >= 0.6 is 11.8 Å². The van der Waals surface area contributed by atoms with E-state index in [9.17, 15) is 9.59 Å². The van der Waals surface area contributed by atoms with E-state index in [0.29, 0.717) is 18.3 Å². The summed E-state index contributed by atoms with van der Waals surface area (Å²) < 4.78 is 0. The van der Waals surface area contributed by atoms with Crippen LogP contribution in [-0.4, -0.2) is 40.2 Å². The molecule has 1 aromatic rings. The van der Waals surface area contributed by atoms with Gasteiger partial charge in [-0.2, -0.15) is 0 Å². The predicted molar refractivity (Wildman–Crippen MR) is 99.5 cm³/mol. The molecule has 1 atom stereocenters. The Kier molecular flexibility index (Phi) is 6.61. The van der Waals surface area contributed by atoms with Crippen LogP contribution in [0, 0.1) is 0 Å². The number of thioether (sulfide) groups is 1. The summed E-state index contributed by atoms with van der Waals surface area (Å²) in [5, 5.41) is 2.95. The highest BCUT2D eigenvalue weighted by Gasteiger charge is 2.38. The van der Waals surface area contributed by atoms with E-state index in [1.54, 1.807) is 11.0 Å². The van der Waals surface area contributed by atoms with Gasteiger partial charge in [0.1, 0.15) is 5.25 Å². The number of benzene rings is 1. The van der Waals surface area contributed by atoms with Gasteiger partial charge in [0.05, 0.1) is 5.69 Å². The van der Waals surface area contributed by atoms with Gasteiger partial charge in [0, 0.05) is 19.5 Å². The topological polar surface area (TPSA) is 61.8 Å². The molecule has 0 aliphatic carbocycles. The normalized spacial score (nSPS) is 18.9. The standard InChI is InChI=1S/C18H23N3O2S/c1-4-11-21-17(23)15(12-16(22)19-6-3)24-18(21)20-14-10-8-7-9-13(14)5-2/h4,7-10,15H,1,5-6,11-12H2,2-3H3,(H,19,22)/t15-/m1/s1. The van der Waals surface area contributed by atoms with Crippen LogP contribution in [0.4, 0.5) is 5.69 Å². The van der Waals surface area contributed by atoms with Gasteiger partial charge in [-0.25, -0.2) is 4.99 Å². The van der Waals surface area contributed by atoms with Crippen molar-refractivity contribution in [3.63, 3.8) is 0 Å². The van der Waals surface area contributed by atoms with Crippen molar-refractivity contribution in [3.8, 4) is 0 Å². The number of aryl methyl sites for hydroxylation is 1. The van der Waals surface area contributed by atoms with E-state index in [2.05, 4.69) is 23.8 Å². The molecule has 6 heteroatoms. The summed E-state index contributed by atoms with van der Waals surface area (Å²) in [5.41, 5.74) is 1.99. The Morgan fingerprint density at radius 3 is 2.83 bits per heavy atom. The van der Waals surface area contributed by atoms with Crippen LogP contribution in [0.2, 0.25) is 0 Å². The molecule has 128 valence electrons. The van der Waals surface area contributed by atoms with Crippen molar-refractivity contribution >= 4 is 34.4 Å². The first kappa shape index (κ1) is 18.3. The largest absolute Gasteiger partial charge is 0.356 e. The van der Waals surface area contributed by atoms with Crippen LogP contribution < -0.4 is 5.32 Å². The lowest BCUT2D eigenvalue weighted by Crippen LogP contribution is -2.34. The lowest BCUT2D eigenvalue weighted by atomic mass is 10.1. The number of amidine groups is 1. The average Bonchev–Trinajstić information content (AvgIpc) is 2.85. The number of hydrogen-bond donors (Lipinski definition) is 1. The molecule has 1 N–H and O–H groups in total. The summed E-state index contributed by atoms with van der Waals surface area (Å²) in [5.74, 6) is -0.198. The van der Waals surface area contributed by atoms with Crippen molar-refractivity contribution in [2.24, 2.45) is 4.99 Å². The number of para-hydroxylation sites is 1. The van der Waals surface area contributed by atoms with E-state index in [1.807, 2.05) is 31.2 Å². The van der Waals surface area contributed by atoms with Crippen LogP contribution in [0.25, 0.3) is 0 Å². The number of carbonyl (C=O) groups excluding carboxylic acids is 2. The first-order chi connectivity index (χ1) is 11.6. The van der Waals surface area contributed by atoms with Gasteiger partial charge in [-0.3, -0.25) is 14.5 Å². The monoisotopic (exact) mass is 345 g/mol. The van der Waals surface area contributed by atoms with E-state index >= 15 is 0 Å². The zero-order valence-electron chi connectivity index (χ0n) is 14.1. The Labute approximate surface area is 147 Å². The lowest BCUT2D eigenvalue weighted by molar-refractivity contribution is -0.129. The second-order valence-electron chi connectivity index (χ2n) is 5.38. The van der Waals surface area contributed by atoms with Gasteiger partial charge in [-0.05, 0) is 25.0 Å². The molecule has 1 fully saturated rings. The van der Waals surface area contributed by atoms with Crippen molar-refractivity contribution in [1.82, 2.24) is 10.2 Å². The van der Waals surface area contributed by atoms with Crippen LogP contribution in [0.1, 0.15) is 25.8 Å². The summed E-state index contributed by atoms with van der Waals surface area (Å²) in [7, 11) is 0. The number of aliphatic imine (C=N–C) groups is 1. The molecule has 1 heterocycles. The molecule has 24 heavy (non-hydrogen) atoms. The SMILES string of the molecule is C=CCN1C(=O)[C@@H](CC(=O)NCC)SC1=Nc1ccccc1CC. The molecule has 0 unspecified atom stereocenters. The maximum atomic E-state index is 12.6. The predicted octanol–water partition coefficient (Wildman–Crippen LogP) is 2.89. The van der Waals surface area contributed by atoms with Gasteiger partial charge < -0.3 is 5.32 Å². The minimum atomic E-state index is -0.427. The number of carbonyl (C=O) groups is 2. The smallest absolute Gasteiger partial charge is 0.242 e. The Hall–Kier alpha value is -2.08. The third kappa shape index (κ3) is 4.26. The molecule has 0 bridgehead atoms. The van der Waals surface area contributed by atoms with Crippen molar-refractivity contribution < 1.29 is 9.59 Å². The lowest BCUT2D eigenvalue weighted by Gasteiger charge is -2.14. The van der Waals surface area contributed by atoms with Crippen molar-refractivity contribution in [1.29, 1.82) is 0 Å². The fraction of sp³-hybridized carbons (Fsp3) is 0.389. The molecule has 1 aliphatic rings. The van der Waals surface area contributed by atoms with Gasteiger partial charge in [-0.15, -0.1) is 6.58 Å². The molecule has 0 saturated carbocycles. The van der Waals surface area contributed by atoms with E-state index in [4.69, 9.17) is 0 Å². The highest BCUT2D eigenvalue weighted by molar-refractivity contribution is 8.15. The number of nitrogens with one attached hydrogen (secondary N) is 1. The third-order valence-corrected chi connectivity index (χ3v) is 4.84. The zero-order chi connectivity index (χ0) is 17.5. The maximum Gasteiger partial charge on any atom is 0.242 e. The molecular weight excluding hydrogens is 322 g/mol. The Morgan fingerprint density at radius 2 is 2.17 bits per heavy atom. The van der Waals surface area contributed by atoms with E-state index < -0.39 is 5.25 Å². The molecule has 1 aliphatic heterocycles.